The molecule has 0 aromatic heterocycles. The summed E-state index contributed by atoms with van der Waals surface area (Å²) in [5, 5.41) is 8.48. The van der Waals surface area contributed by atoms with Gasteiger partial charge in [0.1, 0.15) is 11.6 Å². The van der Waals surface area contributed by atoms with Gasteiger partial charge in [-0.15, -0.1) is 0 Å². The quantitative estimate of drug-likeness (QED) is 0.524. The fourth-order valence-electron chi connectivity index (χ4n) is 1.19. The Morgan fingerprint density at radius 1 is 1.29 bits per heavy atom. The van der Waals surface area contributed by atoms with E-state index in [1.807, 2.05) is 4.72 Å². The van der Waals surface area contributed by atoms with Gasteiger partial charge in [-0.2, -0.15) is 0 Å². The second-order valence-electron chi connectivity index (χ2n) is 3.29. The molecule has 5 nitrogen and oxygen atoms in total. The molecule has 0 aliphatic carbocycles. The summed E-state index contributed by atoms with van der Waals surface area (Å²) in [5.41, 5.74) is 4.97. The monoisotopic (exact) mass is 266 g/mol. The summed E-state index contributed by atoms with van der Waals surface area (Å²) < 4.78 is 51.7. The molecule has 0 unspecified atom stereocenters. The van der Waals surface area contributed by atoms with Crippen LogP contribution in [-0.4, -0.2) is 26.7 Å². The molecule has 96 valence electrons. The third-order valence-corrected chi connectivity index (χ3v) is 3.43. The number of aliphatic hydroxyl groups is 1. The maximum absolute atomic E-state index is 13.3. The SMILES string of the molecule is Nc1cc(F)c(S(=O)(=O)NCCCO)c(F)c1. The first-order valence-corrected chi connectivity index (χ1v) is 6.22. The number of rotatable bonds is 5. The molecule has 0 atom stereocenters. The highest BCUT2D eigenvalue weighted by molar-refractivity contribution is 7.89. The van der Waals surface area contributed by atoms with Crippen LogP contribution >= 0.6 is 0 Å². The fraction of sp³-hybridized carbons (Fsp3) is 0.333. The zero-order valence-corrected chi connectivity index (χ0v) is 9.60. The van der Waals surface area contributed by atoms with Crippen LogP contribution in [0.1, 0.15) is 6.42 Å². The Morgan fingerprint density at radius 3 is 2.29 bits per heavy atom. The minimum atomic E-state index is -4.28. The Labute approximate surface area is 97.3 Å². The molecule has 4 N–H and O–H groups in total. The highest BCUT2D eigenvalue weighted by Crippen LogP contribution is 2.21. The standard InChI is InChI=1S/C9H12F2N2O3S/c10-7-4-6(12)5-8(11)9(7)17(15,16)13-2-1-3-14/h4-5,13-14H,1-3,12H2. The van der Waals surface area contributed by atoms with Crippen molar-refractivity contribution in [1.29, 1.82) is 0 Å². The Bertz CT molecular complexity index is 482. The van der Waals surface area contributed by atoms with Gasteiger partial charge in [0.15, 0.2) is 4.90 Å². The summed E-state index contributed by atoms with van der Waals surface area (Å²) in [6.45, 7) is -0.336. The Balaban J connectivity index is 3.07. The van der Waals surface area contributed by atoms with E-state index >= 15 is 0 Å². The average molecular weight is 266 g/mol. The summed E-state index contributed by atoms with van der Waals surface area (Å²) >= 11 is 0. The first-order valence-electron chi connectivity index (χ1n) is 4.73. The van der Waals surface area contributed by atoms with E-state index in [1.54, 1.807) is 0 Å². The molecule has 0 heterocycles. The summed E-state index contributed by atoms with van der Waals surface area (Å²) in [5.74, 6) is -2.50. The largest absolute Gasteiger partial charge is 0.399 e. The molecule has 1 rings (SSSR count). The van der Waals surface area contributed by atoms with Crippen molar-refractivity contribution in [3.05, 3.63) is 23.8 Å². The van der Waals surface area contributed by atoms with E-state index in [2.05, 4.69) is 0 Å². The van der Waals surface area contributed by atoms with E-state index in [0.29, 0.717) is 0 Å². The molecule has 0 amide bonds. The van der Waals surface area contributed by atoms with E-state index in [0.717, 1.165) is 12.1 Å². The van der Waals surface area contributed by atoms with Crippen LogP contribution in [0.2, 0.25) is 0 Å². The van der Waals surface area contributed by atoms with Crippen LogP contribution in [0.15, 0.2) is 17.0 Å². The zero-order chi connectivity index (χ0) is 13.1. The normalized spacial score (nSPS) is 11.7. The molecular weight excluding hydrogens is 254 g/mol. The molecule has 0 radical (unpaired) electrons. The number of nitrogen functional groups attached to an aromatic ring is 1. The third-order valence-electron chi connectivity index (χ3n) is 1.92. The van der Waals surface area contributed by atoms with Crippen molar-refractivity contribution in [1.82, 2.24) is 4.72 Å². The molecule has 0 saturated heterocycles. The van der Waals surface area contributed by atoms with Crippen molar-refractivity contribution in [2.45, 2.75) is 11.3 Å². The fourth-order valence-corrected chi connectivity index (χ4v) is 2.38. The van der Waals surface area contributed by atoms with Crippen LogP contribution in [0.25, 0.3) is 0 Å². The minimum absolute atomic E-state index is 0.109. The molecule has 0 spiro atoms. The molecule has 0 aliphatic rings. The zero-order valence-electron chi connectivity index (χ0n) is 8.78. The Hall–Kier alpha value is -1.25. The Kier molecular flexibility index (Phi) is 4.38. The lowest BCUT2D eigenvalue weighted by atomic mass is 10.3. The maximum Gasteiger partial charge on any atom is 0.246 e. The van der Waals surface area contributed by atoms with Crippen LogP contribution in [0, 0.1) is 11.6 Å². The van der Waals surface area contributed by atoms with E-state index < -0.39 is 26.6 Å². The van der Waals surface area contributed by atoms with Crippen LogP contribution in [0.4, 0.5) is 14.5 Å². The van der Waals surface area contributed by atoms with E-state index in [4.69, 9.17) is 10.8 Å². The predicted octanol–water partition coefficient (Wildman–Crippen LogP) is 0.208. The maximum atomic E-state index is 13.3. The van der Waals surface area contributed by atoms with Crippen molar-refractivity contribution in [3.8, 4) is 0 Å². The van der Waals surface area contributed by atoms with Gasteiger partial charge in [-0.3, -0.25) is 0 Å². The first kappa shape index (κ1) is 13.8. The molecule has 1 aromatic carbocycles. The summed E-state index contributed by atoms with van der Waals surface area (Å²) in [6.07, 6.45) is 0.150. The van der Waals surface area contributed by atoms with Gasteiger partial charge < -0.3 is 10.8 Å². The van der Waals surface area contributed by atoms with Crippen LogP contribution < -0.4 is 10.5 Å². The average Bonchev–Trinajstić information content (AvgIpc) is 2.15. The van der Waals surface area contributed by atoms with Crippen LogP contribution in [-0.2, 0) is 10.0 Å². The summed E-state index contributed by atoms with van der Waals surface area (Å²) in [7, 11) is -4.28. The van der Waals surface area contributed by atoms with Gasteiger partial charge in [-0.05, 0) is 18.6 Å². The summed E-state index contributed by atoms with van der Waals surface area (Å²) in [4.78, 5) is -1.07. The number of nitrogens with two attached hydrogens (primary N) is 1. The van der Waals surface area contributed by atoms with E-state index in [1.165, 1.54) is 0 Å². The highest BCUT2D eigenvalue weighted by Gasteiger charge is 2.23. The molecule has 0 aliphatic heterocycles. The first-order chi connectivity index (χ1) is 7.88. The number of benzene rings is 1. The third kappa shape index (κ3) is 3.35. The molecule has 17 heavy (non-hydrogen) atoms. The van der Waals surface area contributed by atoms with Crippen LogP contribution in [0.5, 0.6) is 0 Å². The van der Waals surface area contributed by atoms with E-state index in [9.17, 15) is 17.2 Å². The Morgan fingerprint density at radius 2 is 1.82 bits per heavy atom. The van der Waals surface area contributed by atoms with Crippen LogP contribution in [0.3, 0.4) is 0 Å². The van der Waals surface area contributed by atoms with Gasteiger partial charge in [0.25, 0.3) is 0 Å². The number of nitrogens with one attached hydrogen (secondary N) is 1. The predicted molar refractivity (Wildman–Crippen MR) is 57.7 cm³/mol. The van der Waals surface area contributed by atoms with Crippen molar-refractivity contribution in [2.24, 2.45) is 0 Å². The summed E-state index contributed by atoms with van der Waals surface area (Å²) in [6, 6.07) is 1.45. The second kappa shape index (κ2) is 5.39. The minimum Gasteiger partial charge on any atom is -0.399 e. The topological polar surface area (TPSA) is 92.4 Å². The molecular formula is C9H12F2N2O3S. The number of hydrogen-bond acceptors (Lipinski definition) is 4. The molecule has 8 heteroatoms. The van der Waals surface area contributed by atoms with Crippen molar-refractivity contribution >= 4 is 15.7 Å². The molecule has 1 aromatic rings. The van der Waals surface area contributed by atoms with Gasteiger partial charge in [0, 0.05) is 18.8 Å². The highest BCUT2D eigenvalue weighted by atomic mass is 32.2. The van der Waals surface area contributed by atoms with Gasteiger partial charge >= 0.3 is 0 Å². The van der Waals surface area contributed by atoms with Crippen molar-refractivity contribution in [2.75, 3.05) is 18.9 Å². The van der Waals surface area contributed by atoms with Crippen molar-refractivity contribution in [3.63, 3.8) is 0 Å². The van der Waals surface area contributed by atoms with Gasteiger partial charge in [-0.25, -0.2) is 21.9 Å². The number of sulfonamides is 1. The lowest BCUT2D eigenvalue weighted by Gasteiger charge is -2.08. The lowest BCUT2D eigenvalue weighted by molar-refractivity contribution is 0.289. The van der Waals surface area contributed by atoms with Crippen molar-refractivity contribution < 1.29 is 22.3 Å². The molecule has 0 saturated carbocycles. The number of halogens is 2. The van der Waals surface area contributed by atoms with Gasteiger partial charge in [-0.1, -0.05) is 0 Å². The number of hydrogen-bond donors (Lipinski definition) is 3. The lowest BCUT2D eigenvalue weighted by Crippen LogP contribution is -2.27. The second-order valence-corrected chi connectivity index (χ2v) is 4.99. The van der Waals surface area contributed by atoms with E-state index in [-0.39, 0.29) is 25.3 Å². The van der Waals surface area contributed by atoms with Gasteiger partial charge in [0.2, 0.25) is 10.0 Å². The van der Waals surface area contributed by atoms with Gasteiger partial charge in [0.05, 0.1) is 0 Å². The molecule has 0 bridgehead atoms. The molecule has 0 fully saturated rings. The smallest absolute Gasteiger partial charge is 0.246 e. The number of anilines is 1. The number of aliphatic hydroxyl groups excluding tert-OH is 1.